The molecule has 1 aliphatic heterocycles. The number of carbonyl (C=O) groups excluding carboxylic acids is 1. The Morgan fingerprint density at radius 2 is 2.00 bits per heavy atom. The van der Waals surface area contributed by atoms with Gasteiger partial charge in [-0.1, -0.05) is 6.92 Å². The molecule has 0 atom stereocenters. The fourth-order valence-electron chi connectivity index (χ4n) is 2.21. The standard InChI is InChI=1S/C16H18FN3O/c1-12-6-8-20(9-7-12)11-13(10-18)16(21)19-15-4-2-14(17)3-5-15/h2-5,11-12H,6-9H2,1H3,(H,19,21)/b13-11-. The van der Waals surface area contributed by atoms with Crippen molar-refractivity contribution in [1.82, 2.24) is 4.90 Å². The number of anilines is 1. The lowest BCUT2D eigenvalue weighted by molar-refractivity contribution is -0.112. The van der Waals surface area contributed by atoms with Gasteiger partial charge in [-0.25, -0.2) is 4.39 Å². The minimum Gasteiger partial charge on any atom is -0.376 e. The van der Waals surface area contributed by atoms with Crippen LogP contribution in [0.4, 0.5) is 10.1 Å². The van der Waals surface area contributed by atoms with Crippen molar-refractivity contribution in [2.75, 3.05) is 18.4 Å². The van der Waals surface area contributed by atoms with Gasteiger partial charge in [0.05, 0.1) is 0 Å². The van der Waals surface area contributed by atoms with Crippen molar-refractivity contribution < 1.29 is 9.18 Å². The second kappa shape index (κ2) is 6.89. The van der Waals surface area contributed by atoms with E-state index in [1.807, 2.05) is 11.0 Å². The number of rotatable bonds is 3. The summed E-state index contributed by atoms with van der Waals surface area (Å²) in [6.07, 6.45) is 3.74. The summed E-state index contributed by atoms with van der Waals surface area (Å²) < 4.78 is 12.8. The van der Waals surface area contributed by atoms with Gasteiger partial charge < -0.3 is 10.2 Å². The van der Waals surface area contributed by atoms with Crippen molar-refractivity contribution in [1.29, 1.82) is 5.26 Å². The number of nitrogens with zero attached hydrogens (tertiary/aromatic N) is 2. The van der Waals surface area contributed by atoms with E-state index < -0.39 is 5.91 Å². The van der Waals surface area contributed by atoms with E-state index in [2.05, 4.69) is 12.2 Å². The van der Waals surface area contributed by atoms with E-state index in [1.54, 1.807) is 6.20 Å². The Balaban J connectivity index is 2.01. The van der Waals surface area contributed by atoms with Gasteiger partial charge in [0.15, 0.2) is 0 Å². The number of benzene rings is 1. The van der Waals surface area contributed by atoms with Gasteiger partial charge in [0.25, 0.3) is 5.91 Å². The summed E-state index contributed by atoms with van der Waals surface area (Å²) in [6, 6.07) is 7.37. The largest absolute Gasteiger partial charge is 0.376 e. The van der Waals surface area contributed by atoms with Crippen LogP contribution in [-0.2, 0) is 4.79 Å². The third kappa shape index (κ3) is 4.32. The number of halogens is 1. The van der Waals surface area contributed by atoms with Crippen LogP contribution in [0.2, 0.25) is 0 Å². The molecule has 1 amide bonds. The summed E-state index contributed by atoms with van der Waals surface area (Å²) in [5.74, 6) is -0.151. The number of nitriles is 1. The van der Waals surface area contributed by atoms with Gasteiger partial charge in [-0.3, -0.25) is 4.79 Å². The quantitative estimate of drug-likeness (QED) is 0.687. The van der Waals surface area contributed by atoms with Crippen molar-refractivity contribution in [3.63, 3.8) is 0 Å². The maximum Gasteiger partial charge on any atom is 0.267 e. The van der Waals surface area contributed by atoms with E-state index in [1.165, 1.54) is 24.3 Å². The Morgan fingerprint density at radius 1 is 1.38 bits per heavy atom. The van der Waals surface area contributed by atoms with Crippen molar-refractivity contribution in [2.45, 2.75) is 19.8 Å². The van der Waals surface area contributed by atoms with Gasteiger partial charge >= 0.3 is 0 Å². The van der Waals surface area contributed by atoms with Gasteiger partial charge in [0.1, 0.15) is 17.5 Å². The van der Waals surface area contributed by atoms with Crippen LogP contribution in [0.15, 0.2) is 36.0 Å². The lowest BCUT2D eigenvalue weighted by Gasteiger charge is -2.29. The third-order valence-electron chi connectivity index (χ3n) is 3.60. The lowest BCUT2D eigenvalue weighted by atomic mass is 9.99. The van der Waals surface area contributed by atoms with E-state index in [-0.39, 0.29) is 11.4 Å². The molecule has 21 heavy (non-hydrogen) atoms. The van der Waals surface area contributed by atoms with Crippen LogP contribution in [0, 0.1) is 23.1 Å². The van der Waals surface area contributed by atoms with E-state index in [0.717, 1.165) is 25.9 Å². The number of hydrogen-bond donors (Lipinski definition) is 1. The Labute approximate surface area is 123 Å². The van der Waals surface area contributed by atoms with Gasteiger partial charge in [0.2, 0.25) is 0 Å². The molecule has 0 spiro atoms. The molecule has 0 unspecified atom stereocenters. The molecule has 1 heterocycles. The molecule has 1 aromatic carbocycles. The van der Waals surface area contributed by atoms with E-state index in [9.17, 15) is 9.18 Å². The Hall–Kier alpha value is -2.35. The van der Waals surface area contributed by atoms with Crippen LogP contribution in [0.5, 0.6) is 0 Å². The summed E-state index contributed by atoms with van der Waals surface area (Å²) in [7, 11) is 0. The van der Waals surface area contributed by atoms with Crippen LogP contribution >= 0.6 is 0 Å². The molecule has 0 radical (unpaired) electrons. The van der Waals surface area contributed by atoms with Crippen molar-refractivity contribution in [3.05, 3.63) is 41.9 Å². The zero-order chi connectivity index (χ0) is 15.2. The molecule has 0 saturated carbocycles. The van der Waals surface area contributed by atoms with E-state index >= 15 is 0 Å². The molecule has 1 saturated heterocycles. The van der Waals surface area contributed by atoms with Crippen molar-refractivity contribution in [2.24, 2.45) is 5.92 Å². The average molecular weight is 287 g/mol. The summed E-state index contributed by atoms with van der Waals surface area (Å²) in [6.45, 7) is 3.92. The highest BCUT2D eigenvalue weighted by atomic mass is 19.1. The zero-order valence-electron chi connectivity index (χ0n) is 12.0. The predicted molar refractivity (Wildman–Crippen MR) is 78.7 cm³/mol. The third-order valence-corrected chi connectivity index (χ3v) is 3.60. The first-order valence-electron chi connectivity index (χ1n) is 7.01. The molecule has 1 fully saturated rings. The summed E-state index contributed by atoms with van der Waals surface area (Å²) in [5.41, 5.74) is 0.531. The molecule has 0 aromatic heterocycles. The summed E-state index contributed by atoms with van der Waals surface area (Å²) in [4.78, 5) is 14.0. The highest BCUT2D eigenvalue weighted by Crippen LogP contribution is 2.17. The van der Waals surface area contributed by atoms with Crippen LogP contribution in [0.25, 0.3) is 0 Å². The van der Waals surface area contributed by atoms with Crippen molar-refractivity contribution in [3.8, 4) is 6.07 Å². The van der Waals surface area contributed by atoms with Crippen LogP contribution in [0.3, 0.4) is 0 Å². The minimum atomic E-state index is -0.470. The maximum absolute atomic E-state index is 12.8. The number of amides is 1. The number of piperidine rings is 1. The van der Waals surface area contributed by atoms with Crippen LogP contribution in [0.1, 0.15) is 19.8 Å². The molecule has 1 aromatic rings. The maximum atomic E-state index is 12.8. The van der Waals surface area contributed by atoms with Gasteiger partial charge in [0, 0.05) is 25.0 Å². The normalized spacial score (nSPS) is 16.4. The highest BCUT2D eigenvalue weighted by Gasteiger charge is 2.16. The fourth-order valence-corrected chi connectivity index (χ4v) is 2.21. The van der Waals surface area contributed by atoms with Gasteiger partial charge in [-0.05, 0) is 43.0 Å². The Kier molecular flexibility index (Phi) is 4.94. The SMILES string of the molecule is CC1CCN(/C=C(/C#N)C(=O)Nc2ccc(F)cc2)CC1. The number of hydrogen-bond acceptors (Lipinski definition) is 3. The van der Waals surface area contributed by atoms with Crippen LogP contribution in [-0.4, -0.2) is 23.9 Å². The lowest BCUT2D eigenvalue weighted by Crippen LogP contribution is -2.29. The van der Waals surface area contributed by atoms with E-state index in [4.69, 9.17) is 5.26 Å². The smallest absolute Gasteiger partial charge is 0.267 e. The van der Waals surface area contributed by atoms with Gasteiger partial charge in [-0.2, -0.15) is 5.26 Å². The molecular formula is C16H18FN3O. The number of carbonyl (C=O) groups is 1. The number of nitrogens with one attached hydrogen (secondary N) is 1. The molecule has 0 aliphatic carbocycles. The first kappa shape index (κ1) is 15.0. The molecule has 0 bridgehead atoms. The second-order valence-electron chi connectivity index (χ2n) is 5.33. The molecule has 1 N–H and O–H groups in total. The molecule has 5 heteroatoms. The Morgan fingerprint density at radius 3 is 2.57 bits per heavy atom. The Bertz CT molecular complexity index is 566. The molecule has 1 aliphatic rings. The van der Waals surface area contributed by atoms with Crippen molar-refractivity contribution >= 4 is 11.6 Å². The van der Waals surface area contributed by atoms with Crippen LogP contribution < -0.4 is 5.32 Å². The molecule has 2 rings (SSSR count). The summed E-state index contributed by atoms with van der Waals surface area (Å²) in [5, 5.41) is 11.7. The first-order valence-corrected chi connectivity index (χ1v) is 7.01. The molecule has 4 nitrogen and oxygen atoms in total. The zero-order valence-corrected chi connectivity index (χ0v) is 12.0. The summed E-state index contributed by atoms with van der Waals surface area (Å²) >= 11 is 0. The minimum absolute atomic E-state index is 0.0638. The highest BCUT2D eigenvalue weighted by molar-refractivity contribution is 6.06. The van der Waals surface area contributed by atoms with E-state index in [0.29, 0.717) is 11.6 Å². The molecular weight excluding hydrogens is 269 g/mol. The predicted octanol–water partition coefficient (Wildman–Crippen LogP) is 2.90. The first-order chi connectivity index (χ1) is 10.1. The fraction of sp³-hybridized carbons (Fsp3) is 0.375. The second-order valence-corrected chi connectivity index (χ2v) is 5.33. The number of likely N-dealkylation sites (tertiary alicyclic amines) is 1. The average Bonchev–Trinajstić information content (AvgIpc) is 2.49. The topological polar surface area (TPSA) is 56.1 Å². The monoisotopic (exact) mass is 287 g/mol. The molecule has 110 valence electrons. The van der Waals surface area contributed by atoms with Gasteiger partial charge in [-0.15, -0.1) is 0 Å².